The van der Waals surface area contributed by atoms with Crippen molar-refractivity contribution in [3.63, 3.8) is 0 Å². The van der Waals surface area contributed by atoms with Crippen molar-refractivity contribution < 1.29 is 22.7 Å². The highest BCUT2D eigenvalue weighted by Crippen LogP contribution is 2.30. The van der Waals surface area contributed by atoms with E-state index in [2.05, 4.69) is 15.0 Å². The molecule has 1 rings (SSSR count). The molecular weight excluding hydrogens is 297 g/mol. The molecule has 1 aromatic rings. The molecule has 0 aliphatic carbocycles. The topological polar surface area (TPSA) is 41.6 Å². The summed E-state index contributed by atoms with van der Waals surface area (Å²) >= 11 is 0. The van der Waals surface area contributed by atoms with Crippen LogP contribution in [0.25, 0.3) is 0 Å². The Kier molecular flexibility index (Phi) is 6.67. The average molecular weight is 318 g/mol. The van der Waals surface area contributed by atoms with E-state index >= 15 is 0 Å². The summed E-state index contributed by atoms with van der Waals surface area (Å²) in [6, 6.07) is 5.11. The van der Waals surface area contributed by atoms with Crippen molar-refractivity contribution in [2.45, 2.75) is 26.1 Å². The molecule has 0 heterocycles. The number of halogens is 3. The first-order valence-electron chi connectivity index (χ1n) is 7.02. The number of hydrogen-bond acceptors (Lipinski definition) is 3. The molecule has 0 aromatic heterocycles. The lowest BCUT2D eigenvalue weighted by atomic mass is 10.0. The second-order valence-electron chi connectivity index (χ2n) is 4.84. The number of likely N-dealkylation sites (N-methyl/N-ethyl adjacent to an activating group) is 1. The molecule has 0 fully saturated rings. The Hall–Kier alpha value is -1.76. The number of hydrogen-bond donors (Lipinski definition) is 1. The Morgan fingerprint density at radius 2 is 1.91 bits per heavy atom. The summed E-state index contributed by atoms with van der Waals surface area (Å²) in [6.45, 7) is 5.58. The minimum Gasteiger partial charge on any atom is -0.453 e. The molecule has 0 spiro atoms. The van der Waals surface area contributed by atoms with Crippen LogP contribution < -0.4 is 5.32 Å². The second-order valence-corrected chi connectivity index (χ2v) is 4.84. The van der Waals surface area contributed by atoms with Gasteiger partial charge < -0.3 is 10.1 Å². The number of ether oxygens (including phenoxy) is 1. The van der Waals surface area contributed by atoms with Crippen LogP contribution in [0.15, 0.2) is 24.3 Å². The van der Waals surface area contributed by atoms with Crippen LogP contribution in [0, 0.1) is 0 Å². The van der Waals surface area contributed by atoms with Gasteiger partial charge >= 0.3 is 12.3 Å². The van der Waals surface area contributed by atoms with Crippen molar-refractivity contribution in [3.8, 4) is 0 Å². The number of benzene rings is 1. The van der Waals surface area contributed by atoms with Gasteiger partial charge in [0.15, 0.2) is 0 Å². The van der Waals surface area contributed by atoms with Crippen LogP contribution in [0.5, 0.6) is 0 Å². The lowest BCUT2D eigenvalue weighted by Gasteiger charge is -2.28. The number of methoxy groups -OCH3 is 1. The number of alkyl carbamates (subject to hydrolysis) is 1. The highest BCUT2D eigenvalue weighted by atomic mass is 19.4. The highest BCUT2D eigenvalue weighted by molar-refractivity contribution is 5.66. The Balaban J connectivity index is 2.67. The molecule has 0 aliphatic rings. The molecule has 0 saturated heterocycles. The third kappa shape index (κ3) is 5.22. The summed E-state index contributed by atoms with van der Waals surface area (Å²) in [6.07, 6.45) is -4.82. The zero-order valence-electron chi connectivity index (χ0n) is 12.9. The van der Waals surface area contributed by atoms with Crippen LogP contribution >= 0.6 is 0 Å². The Bertz CT molecular complexity index is 475. The Morgan fingerprint density at radius 1 is 1.32 bits per heavy atom. The van der Waals surface area contributed by atoms with E-state index in [1.54, 1.807) is 0 Å². The number of alkyl halides is 3. The molecule has 0 radical (unpaired) electrons. The maximum Gasteiger partial charge on any atom is 0.416 e. The predicted octanol–water partition coefficient (Wildman–Crippen LogP) is 3.44. The third-order valence-electron chi connectivity index (χ3n) is 3.53. The van der Waals surface area contributed by atoms with Gasteiger partial charge in [-0.1, -0.05) is 19.1 Å². The van der Waals surface area contributed by atoms with Crippen molar-refractivity contribution in [1.29, 1.82) is 0 Å². The van der Waals surface area contributed by atoms with Crippen molar-refractivity contribution in [3.05, 3.63) is 35.4 Å². The van der Waals surface area contributed by atoms with Gasteiger partial charge in [-0.25, -0.2) is 4.79 Å². The van der Waals surface area contributed by atoms with Crippen LogP contribution in [0.1, 0.15) is 31.0 Å². The number of rotatable bonds is 6. The molecule has 0 unspecified atom stereocenters. The Labute approximate surface area is 128 Å². The summed E-state index contributed by atoms with van der Waals surface area (Å²) in [5.74, 6) is 0. The van der Waals surface area contributed by atoms with Crippen LogP contribution in [0.3, 0.4) is 0 Å². The normalized spacial score (nSPS) is 13.0. The van der Waals surface area contributed by atoms with Gasteiger partial charge in [0.1, 0.15) is 0 Å². The quantitative estimate of drug-likeness (QED) is 0.873. The average Bonchev–Trinajstić information content (AvgIpc) is 2.50. The van der Waals surface area contributed by atoms with E-state index in [0.29, 0.717) is 19.6 Å². The first-order valence-corrected chi connectivity index (χ1v) is 7.02. The lowest BCUT2D eigenvalue weighted by Crippen LogP contribution is -2.36. The third-order valence-corrected chi connectivity index (χ3v) is 3.53. The van der Waals surface area contributed by atoms with E-state index in [4.69, 9.17) is 0 Å². The van der Waals surface area contributed by atoms with Crippen molar-refractivity contribution in [2.75, 3.05) is 26.7 Å². The fourth-order valence-corrected chi connectivity index (χ4v) is 2.16. The van der Waals surface area contributed by atoms with Crippen molar-refractivity contribution >= 4 is 6.09 Å². The van der Waals surface area contributed by atoms with Gasteiger partial charge in [0, 0.05) is 19.1 Å². The summed E-state index contributed by atoms with van der Waals surface area (Å²) in [4.78, 5) is 13.0. The molecule has 4 nitrogen and oxygen atoms in total. The highest BCUT2D eigenvalue weighted by Gasteiger charge is 2.30. The first kappa shape index (κ1) is 18.3. The second kappa shape index (κ2) is 8.03. The summed E-state index contributed by atoms with van der Waals surface area (Å²) in [5, 5.41) is 2.58. The standard InChI is InChI=1S/C15H21F3N2O2/c1-4-20(10-9-19-14(21)22-3)11(2)12-5-7-13(8-6-12)15(16,17)18/h5-8,11H,4,9-10H2,1-3H3,(H,19,21)/t11-/m0/s1. The van der Waals surface area contributed by atoms with Gasteiger partial charge in [0.2, 0.25) is 0 Å². The van der Waals surface area contributed by atoms with Gasteiger partial charge in [0.05, 0.1) is 12.7 Å². The zero-order chi connectivity index (χ0) is 16.8. The molecule has 1 amide bonds. The SMILES string of the molecule is CCN(CCNC(=O)OC)[C@@H](C)c1ccc(C(F)(F)F)cc1. The van der Waals surface area contributed by atoms with Gasteiger partial charge in [-0.2, -0.15) is 13.2 Å². The van der Waals surface area contributed by atoms with Crippen LogP contribution in [0.4, 0.5) is 18.0 Å². The van der Waals surface area contributed by atoms with Gasteiger partial charge in [0.25, 0.3) is 0 Å². The number of nitrogens with zero attached hydrogens (tertiary/aromatic N) is 1. The van der Waals surface area contributed by atoms with E-state index in [0.717, 1.165) is 17.7 Å². The van der Waals surface area contributed by atoms with E-state index in [1.807, 2.05) is 13.8 Å². The smallest absolute Gasteiger partial charge is 0.416 e. The molecule has 0 aliphatic heterocycles. The van der Waals surface area contributed by atoms with Crippen molar-refractivity contribution in [1.82, 2.24) is 10.2 Å². The molecule has 22 heavy (non-hydrogen) atoms. The largest absolute Gasteiger partial charge is 0.453 e. The van der Waals surface area contributed by atoms with Crippen LogP contribution in [-0.4, -0.2) is 37.7 Å². The summed E-state index contributed by atoms with van der Waals surface area (Å²) < 4.78 is 42.2. The van der Waals surface area contributed by atoms with E-state index in [1.165, 1.54) is 19.2 Å². The Morgan fingerprint density at radius 3 is 2.36 bits per heavy atom. The summed E-state index contributed by atoms with van der Waals surface area (Å²) in [7, 11) is 1.29. The van der Waals surface area contributed by atoms with Gasteiger partial charge in [-0.15, -0.1) is 0 Å². The van der Waals surface area contributed by atoms with Crippen LogP contribution in [0.2, 0.25) is 0 Å². The number of carbonyl (C=O) groups is 1. The van der Waals surface area contributed by atoms with Crippen molar-refractivity contribution in [2.24, 2.45) is 0 Å². The van der Waals surface area contributed by atoms with E-state index < -0.39 is 17.8 Å². The minimum atomic E-state index is -4.32. The zero-order valence-corrected chi connectivity index (χ0v) is 12.9. The monoisotopic (exact) mass is 318 g/mol. The molecule has 0 bridgehead atoms. The van der Waals surface area contributed by atoms with Crippen LogP contribution in [-0.2, 0) is 10.9 Å². The maximum atomic E-state index is 12.6. The molecule has 124 valence electrons. The fraction of sp³-hybridized carbons (Fsp3) is 0.533. The van der Waals surface area contributed by atoms with Gasteiger partial charge in [-0.3, -0.25) is 4.90 Å². The van der Waals surface area contributed by atoms with E-state index in [-0.39, 0.29) is 6.04 Å². The van der Waals surface area contributed by atoms with Gasteiger partial charge in [-0.05, 0) is 31.2 Å². The molecule has 7 heteroatoms. The molecule has 1 atom stereocenters. The lowest BCUT2D eigenvalue weighted by molar-refractivity contribution is -0.137. The number of carbonyl (C=O) groups excluding carboxylic acids is 1. The number of amides is 1. The molecule has 1 aromatic carbocycles. The minimum absolute atomic E-state index is 0.0493. The number of nitrogens with one attached hydrogen (secondary N) is 1. The predicted molar refractivity (Wildman–Crippen MR) is 77.5 cm³/mol. The molecule has 0 saturated carbocycles. The fourth-order valence-electron chi connectivity index (χ4n) is 2.16. The maximum absolute atomic E-state index is 12.6. The molecular formula is C15H21F3N2O2. The first-order chi connectivity index (χ1) is 10.3. The van der Waals surface area contributed by atoms with E-state index in [9.17, 15) is 18.0 Å². The summed E-state index contributed by atoms with van der Waals surface area (Å²) in [5.41, 5.74) is 0.145. The molecule has 1 N–H and O–H groups in total.